The third-order valence-electron chi connectivity index (χ3n) is 4.67. The zero-order chi connectivity index (χ0) is 22.4. The van der Waals surface area contributed by atoms with Gasteiger partial charge in [0.2, 0.25) is 0 Å². The SMILES string of the molecule is COC(=O)c1cc(-c2ccccc2)sc1NC(=S)NC(C)c1cc(OC)ccc1OC. The van der Waals surface area contributed by atoms with Crippen LogP contribution < -0.4 is 20.1 Å². The van der Waals surface area contributed by atoms with Gasteiger partial charge in [0.15, 0.2) is 5.11 Å². The zero-order valence-electron chi connectivity index (χ0n) is 17.7. The summed E-state index contributed by atoms with van der Waals surface area (Å²) in [7, 11) is 4.60. The molecule has 31 heavy (non-hydrogen) atoms. The molecule has 0 saturated heterocycles. The van der Waals surface area contributed by atoms with Crippen molar-refractivity contribution in [3.05, 3.63) is 65.7 Å². The van der Waals surface area contributed by atoms with Gasteiger partial charge in [-0.15, -0.1) is 11.3 Å². The zero-order valence-corrected chi connectivity index (χ0v) is 19.4. The molecule has 0 bridgehead atoms. The molecule has 1 unspecified atom stereocenters. The highest BCUT2D eigenvalue weighted by Crippen LogP contribution is 2.36. The number of rotatable bonds is 7. The topological polar surface area (TPSA) is 68.8 Å². The standard InChI is InChI=1S/C23H24N2O4S2/c1-14(17-12-16(27-2)10-11-19(17)28-3)24-23(30)25-21-18(22(26)29-4)13-20(31-21)15-8-6-5-7-9-15/h5-14H,1-4H3,(H2,24,25,30). The van der Waals surface area contributed by atoms with Gasteiger partial charge < -0.3 is 24.8 Å². The molecule has 0 radical (unpaired) electrons. The molecule has 0 aliphatic heterocycles. The fraction of sp³-hybridized carbons (Fsp3) is 0.217. The van der Waals surface area contributed by atoms with Crippen LogP contribution in [0.15, 0.2) is 54.6 Å². The van der Waals surface area contributed by atoms with Gasteiger partial charge in [-0.1, -0.05) is 30.3 Å². The number of hydrogen-bond donors (Lipinski definition) is 2. The maximum absolute atomic E-state index is 12.3. The maximum atomic E-state index is 12.3. The Morgan fingerprint density at radius 2 is 1.77 bits per heavy atom. The molecular formula is C23H24N2O4S2. The highest BCUT2D eigenvalue weighted by Gasteiger charge is 2.20. The number of anilines is 1. The number of thiophene rings is 1. The Labute approximate surface area is 191 Å². The summed E-state index contributed by atoms with van der Waals surface area (Å²) in [5, 5.41) is 7.39. The van der Waals surface area contributed by atoms with Crippen LogP contribution in [-0.4, -0.2) is 32.4 Å². The molecule has 6 nitrogen and oxygen atoms in total. The molecular weight excluding hydrogens is 432 g/mol. The molecule has 3 rings (SSSR count). The molecule has 1 atom stereocenters. The Morgan fingerprint density at radius 3 is 2.42 bits per heavy atom. The van der Waals surface area contributed by atoms with Gasteiger partial charge in [0.05, 0.1) is 32.9 Å². The fourth-order valence-electron chi connectivity index (χ4n) is 3.08. The molecule has 3 aromatic rings. The summed E-state index contributed by atoms with van der Waals surface area (Å²) in [6, 6.07) is 17.1. The summed E-state index contributed by atoms with van der Waals surface area (Å²) in [6.07, 6.45) is 0. The van der Waals surface area contributed by atoms with Crippen molar-refractivity contribution in [1.82, 2.24) is 5.32 Å². The molecule has 0 amide bonds. The first-order valence-electron chi connectivity index (χ1n) is 9.53. The summed E-state index contributed by atoms with van der Waals surface area (Å²) in [6.45, 7) is 1.97. The Balaban J connectivity index is 1.81. The lowest BCUT2D eigenvalue weighted by Crippen LogP contribution is -2.31. The molecule has 1 heterocycles. The van der Waals surface area contributed by atoms with Crippen molar-refractivity contribution in [2.75, 3.05) is 26.6 Å². The molecule has 162 valence electrons. The van der Waals surface area contributed by atoms with Crippen molar-refractivity contribution in [2.24, 2.45) is 0 Å². The smallest absolute Gasteiger partial charge is 0.340 e. The van der Waals surface area contributed by atoms with Gasteiger partial charge in [-0.25, -0.2) is 4.79 Å². The molecule has 2 aromatic carbocycles. The van der Waals surface area contributed by atoms with E-state index in [-0.39, 0.29) is 6.04 Å². The van der Waals surface area contributed by atoms with Gasteiger partial charge in [0.25, 0.3) is 0 Å². The van der Waals surface area contributed by atoms with Crippen molar-refractivity contribution in [2.45, 2.75) is 13.0 Å². The Bertz CT molecular complexity index is 1070. The van der Waals surface area contributed by atoms with Crippen LogP contribution in [0.4, 0.5) is 5.00 Å². The van der Waals surface area contributed by atoms with E-state index in [0.29, 0.717) is 15.7 Å². The molecule has 0 aliphatic carbocycles. The minimum Gasteiger partial charge on any atom is -0.497 e. The van der Waals surface area contributed by atoms with Crippen molar-refractivity contribution in [3.63, 3.8) is 0 Å². The molecule has 0 spiro atoms. The van der Waals surface area contributed by atoms with Crippen LogP contribution in [0.1, 0.15) is 28.9 Å². The summed E-state index contributed by atoms with van der Waals surface area (Å²) in [5.74, 6) is 1.02. The lowest BCUT2D eigenvalue weighted by molar-refractivity contribution is 0.0602. The van der Waals surface area contributed by atoms with Crippen LogP contribution in [0, 0.1) is 0 Å². The van der Waals surface area contributed by atoms with E-state index in [1.54, 1.807) is 14.2 Å². The molecule has 0 saturated carbocycles. The summed E-state index contributed by atoms with van der Waals surface area (Å²) in [5.41, 5.74) is 2.34. The second-order valence-corrected chi connectivity index (χ2v) is 8.10. The third kappa shape index (κ3) is 5.34. The van der Waals surface area contributed by atoms with Crippen LogP contribution in [0.2, 0.25) is 0 Å². The van der Waals surface area contributed by atoms with Crippen LogP contribution in [-0.2, 0) is 4.74 Å². The first kappa shape index (κ1) is 22.6. The Hall–Kier alpha value is -3.10. The number of carbonyl (C=O) groups excluding carboxylic acids is 1. The van der Waals surface area contributed by atoms with E-state index in [1.807, 2.05) is 61.5 Å². The number of thiocarbonyl (C=S) groups is 1. The van der Waals surface area contributed by atoms with E-state index in [2.05, 4.69) is 10.6 Å². The minimum atomic E-state index is -0.425. The van der Waals surface area contributed by atoms with Gasteiger partial charge in [-0.2, -0.15) is 0 Å². The second kappa shape index (κ2) is 10.3. The van der Waals surface area contributed by atoms with E-state index in [9.17, 15) is 4.79 Å². The first-order valence-corrected chi connectivity index (χ1v) is 10.8. The molecule has 1 aromatic heterocycles. The van der Waals surface area contributed by atoms with E-state index < -0.39 is 5.97 Å². The van der Waals surface area contributed by atoms with Gasteiger partial charge >= 0.3 is 5.97 Å². The molecule has 8 heteroatoms. The van der Waals surface area contributed by atoms with E-state index in [0.717, 1.165) is 27.5 Å². The second-order valence-electron chi connectivity index (χ2n) is 6.64. The first-order chi connectivity index (χ1) is 15.0. The number of benzene rings is 2. The van der Waals surface area contributed by atoms with E-state index in [4.69, 9.17) is 26.4 Å². The van der Waals surface area contributed by atoms with Gasteiger partial charge in [-0.3, -0.25) is 0 Å². The van der Waals surface area contributed by atoms with Crippen LogP contribution in [0.25, 0.3) is 10.4 Å². The van der Waals surface area contributed by atoms with Gasteiger partial charge in [-0.05, 0) is 49.0 Å². The maximum Gasteiger partial charge on any atom is 0.340 e. The predicted molar refractivity (Wildman–Crippen MR) is 128 cm³/mol. The number of nitrogens with one attached hydrogen (secondary N) is 2. The fourth-order valence-corrected chi connectivity index (χ4v) is 4.48. The van der Waals surface area contributed by atoms with Crippen LogP contribution in [0.5, 0.6) is 11.5 Å². The number of ether oxygens (including phenoxy) is 3. The highest BCUT2D eigenvalue weighted by molar-refractivity contribution is 7.80. The Kier molecular flexibility index (Phi) is 7.49. The van der Waals surface area contributed by atoms with Gasteiger partial charge in [0, 0.05) is 10.4 Å². The van der Waals surface area contributed by atoms with Crippen LogP contribution in [0.3, 0.4) is 0 Å². The lowest BCUT2D eigenvalue weighted by Gasteiger charge is -2.20. The normalized spacial score (nSPS) is 11.4. The van der Waals surface area contributed by atoms with Crippen molar-refractivity contribution in [1.29, 1.82) is 0 Å². The minimum absolute atomic E-state index is 0.166. The highest BCUT2D eigenvalue weighted by atomic mass is 32.1. The van der Waals surface area contributed by atoms with E-state index >= 15 is 0 Å². The van der Waals surface area contributed by atoms with Gasteiger partial charge in [0.1, 0.15) is 16.5 Å². The number of hydrogen-bond acceptors (Lipinski definition) is 6. The molecule has 0 fully saturated rings. The number of methoxy groups -OCH3 is 3. The predicted octanol–water partition coefficient (Wildman–Crippen LogP) is 5.27. The number of carbonyl (C=O) groups is 1. The van der Waals surface area contributed by atoms with Crippen LogP contribution >= 0.6 is 23.6 Å². The average Bonchev–Trinajstić information content (AvgIpc) is 3.22. The third-order valence-corrected chi connectivity index (χ3v) is 5.99. The van der Waals surface area contributed by atoms with E-state index in [1.165, 1.54) is 18.4 Å². The number of esters is 1. The summed E-state index contributed by atoms with van der Waals surface area (Å²) >= 11 is 6.96. The lowest BCUT2D eigenvalue weighted by atomic mass is 10.1. The summed E-state index contributed by atoms with van der Waals surface area (Å²) in [4.78, 5) is 13.2. The van der Waals surface area contributed by atoms with Crippen molar-refractivity contribution < 1.29 is 19.0 Å². The average molecular weight is 457 g/mol. The monoisotopic (exact) mass is 456 g/mol. The Morgan fingerprint density at radius 1 is 1.03 bits per heavy atom. The summed E-state index contributed by atoms with van der Waals surface area (Å²) < 4.78 is 15.7. The molecule has 2 N–H and O–H groups in total. The molecule has 0 aliphatic rings. The quantitative estimate of drug-likeness (QED) is 0.371. The largest absolute Gasteiger partial charge is 0.497 e. The van der Waals surface area contributed by atoms with Crippen molar-refractivity contribution >= 4 is 39.6 Å². The van der Waals surface area contributed by atoms with Crippen molar-refractivity contribution in [3.8, 4) is 21.9 Å².